The van der Waals surface area contributed by atoms with Crippen molar-refractivity contribution in [1.82, 2.24) is 0 Å². The van der Waals surface area contributed by atoms with Gasteiger partial charge in [0.25, 0.3) is 7.82 Å². The molecule has 0 aromatic carbocycles. The van der Waals surface area contributed by atoms with Crippen LogP contribution in [0.15, 0.2) is 48.6 Å². The van der Waals surface area contributed by atoms with Crippen molar-refractivity contribution >= 4 is 19.8 Å². The van der Waals surface area contributed by atoms with E-state index in [9.17, 15) is 19.0 Å². The van der Waals surface area contributed by atoms with Crippen LogP contribution in [-0.4, -0.2) is 70.0 Å². The van der Waals surface area contributed by atoms with Gasteiger partial charge in [0.2, 0.25) is 0 Å². The molecule has 0 aromatic heterocycles. The van der Waals surface area contributed by atoms with Crippen molar-refractivity contribution in [3.05, 3.63) is 48.6 Å². The van der Waals surface area contributed by atoms with Crippen LogP contribution in [0.25, 0.3) is 0 Å². The highest BCUT2D eigenvalue weighted by Gasteiger charge is 2.22. The van der Waals surface area contributed by atoms with Crippen LogP contribution in [-0.2, 0) is 32.7 Å². The zero-order valence-corrected chi connectivity index (χ0v) is 54.4. The van der Waals surface area contributed by atoms with E-state index in [0.717, 1.165) is 44.9 Å². The highest BCUT2D eigenvalue weighted by Crippen LogP contribution is 2.38. The zero-order valence-electron chi connectivity index (χ0n) is 53.5. The van der Waals surface area contributed by atoms with E-state index in [0.29, 0.717) is 17.4 Å². The molecule has 0 aliphatic rings. The van der Waals surface area contributed by atoms with E-state index in [4.69, 9.17) is 18.5 Å². The number of phosphoric ester groups is 1. The molecular weight excluding hydrogens is 1010 g/mol. The van der Waals surface area contributed by atoms with E-state index >= 15 is 0 Å². The van der Waals surface area contributed by atoms with Crippen LogP contribution < -0.4 is 4.89 Å². The van der Waals surface area contributed by atoms with Crippen molar-refractivity contribution < 1.29 is 42.1 Å². The molecule has 0 saturated carbocycles. The van der Waals surface area contributed by atoms with Gasteiger partial charge in [-0.25, -0.2) is 0 Å². The molecule has 2 atom stereocenters. The average molecular weight is 1150 g/mol. The van der Waals surface area contributed by atoms with Gasteiger partial charge in [-0.15, -0.1) is 0 Å². The van der Waals surface area contributed by atoms with Crippen LogP contribution in [0, 0.1) is 0 Å². The molecular formula is C70H132NO8P. The molecule has 0 saturated heterocycles. The maximum atomic E-state index is 12.9. The number of unbranched alkanes of at least 4 members (excludes halogenated alkanes) is 42. The third kappa shape index (κ3) is 65.1. The van der Waals surface area contributed by atoms with Crippen molar-refractivity contribution in [2.24, 2.45) is 0 Å². The predicted octanol–water partition coefficient (Wildman–Crippen LogP) is 21.4. The summed E-state index contributed by atoms with van der Waals surface area (Å²) in [6.45, 7) is 4.27. The van der Waals surface area contributed by atoms with Gasteiger partial charge in [0.15, 0.2) is 6.10 Å². The van der Waals surface area contributed by atoms with Crippen molar-refractivity contribution in [2.75, 3.05) is 47.5 Å². The second-order valence-corrected chi connectivity index (χ2v) is 25.9. The molecule has 2 unspecified atom stereocenters. The molecule has 0 bridgehead atoms. The number of phosphoric acid groups is 1. The second kappa shape index (κ2) is 61.5. The number of carbonyl (C=O) groups excluding carboxylic acids is 2. The Labute approximate surface area is 496 Å². The Morgan fingerprint density at radius 2 is 0.675 bits per heavy atom. The first-order chi connectivity index (χ1) is 39.0. The molecule has 9 nitrogen and oxygen atoms in total. The van der Waals surface area contributed by atoms with Gasteiger partial charge in [-0.1, -0.05) is 294 Å². The molecule has 10 heteroatoms. The quantitative estimate of drug-likeness (QED) is 0.0195. The first kappa shape index (κ1) is 78.0. The zero-order chi connectivity index (χ0) is 58.4. The summed E-state index contributed by atoms with van der Waals surface area (Å²) < 4.78 is 34.3. The van der Waals surface area contributed by atoms with Crippen LogP contribution in [0.1, 0.15) is 335 Å². The molecule has 0 aliphatic heterocycles. The van der Waals surface area contributed by atoms with Crippen molar-refractivity contribution in [2.45, 2.75) is 341 Å². The van der Waals surface area contributed by atoms with Crippen LogP contribution in [0.5, 0.6) is 0 Å². The van der Waals surface area contributed by atoms with Crippen molar-refractivity contribution in [1.29, 1.82) is 0 Å². The van der Waals surface area contributed by atoms with E-state index in [1.54, 1.807) is 0 Å². The largest absolute Gasteiger partial charge is 0.756 e. The third-order valence-electron chi connectivity index (χ3n) is 15.3. The standard InChI is InChI=1S/C70H132NO8P/c1-6-8-10-12-14-16-18-20-22-24-26-28-30-32-33-34-35-36-37-39-41-43-45-47-49-51-53-55-57-59-61-63-70(73)79-68(67-78-80(74,75)77-65-64-71(3,4)5)66-76-69(72)62-60-58-56-54-52-50-48-46-44-42-40-38-31-29-27-25-23-21-19-17-15-13-11-9-7-2/h18-21,24-27,68H,6-17,22-23,28-67H2,1-5H3/b20-18-,21-19-,26-24-,27-25-. The maximum Gasteiger partial charge on any atom is 0.306 e. The van der Waals surface area contributed by atoms with Gasteiger partial charge in [0, 0.05) is 12.8 Å². The number of hydrogen-bond acceptors (Lipinski definition) is 8. The fraction of sp³-hybridized carbons (Fsp3) is 0.857. The first-order valence-corrected chi connectivity index (χ1v) is 35.8. The summed E-state index contributed by atoms with van der Waals surface area (Å²) in [5, 5.41) is 0. The Balaban J connectivity index is 4.02. The summed E-state index contributed by atoms with van der Waals surface area (Å²) in [5.41, 5.74) is 0. The third-order valence-corrected chi connectivity index (χ3v) is 16.3. The summed E-state index contributed by atoms with van der Waals surface area (Å²) in [4.78, 5) is 38.0. The van der Waals surface area contributed by atoms with Gasteiger partial charge in [-0.05, 0) is 77.0 Å². The van der Waals surface area contributed by atoms with E-state index in [2.05, 4.69) is 62.5 Å². The molecule has 0 aromatic rings. The van der Waals surface area contributed by atoms with Crippen LogP contribution in [0.3, 0.4) is 0 Å². The molecule has 0 fully saturated rings. The van der Waals surface area contributed by atoms with Gasteiger partial charge in [-0.3, -0.25) is 14.2 Å². The first-order valence-electron chi connectivity index (χ1n) is 34.3. The summed E-state index contributed by atoms with van der Waals surface area (Å²) in [5.74, 6) is -0.818. The van der Waals surface area contributed by atoms with Gasteiger partial charge in [-0.2, -0.15) is 0 Å². The lowest BCUT2D eigenvalue weighted by Crippen LogP contribution is -2.37. The van der Waals surface area contributed by atoms with E-state index in [-0.39, 0.29) is 32.0 Å². The predicted molar refractivity (Wildman–Crippen MR) is 342 cm³/mol. The number of ether oxygens (including phenoxy) is 2. The molecule has 0 spiro atoms. The molecule has 0 aliphatic carbocycles. The lowest BCUT2D eigenvalue weighted by Gasteiger charge is -2.28. The Bertz CT molecular complexity index is 1490. The number of allylic oxidation sites excluding steroid dienone is 8. The summed E-state index contributed by atoms with van der Waals surface area (Å²) >= 11 is 0. The molecule has 0 heterocycles. The van der Waals surface area contributed by atoms with Gasteiger partial charge in [0.1, 0.15) is 19.8 Å². The summed E-state index contributed by atoms with van der Waals surface area (Å²) in [6.07, 6.45) is 79.0. The lowest BCUT2D eigenvalue weighted by atomic mass is 10.0. The van der Waals surface area contributed by atoms with Gasteiger partial charge < -0.3 is 27.9 Å². The molecule has 0 radical (unpaired) electrons. The minimum Gasteiger partial charge on any atom is -0.756 e. The number of nitrogens with zero attached hydrogens (tertiary/aromatic N) is 1. The summed E-state index contributed by atoms with van der Waals surface area (Å²) in [6, 6.07) is 0. The number of hydrogen-bond donors (Lipinski definition) is 0. The van der Waals surface area contributed by atoms with Crippen LogP contribution in [0.4, 0.5) is 0 Å². The number of quaternary nitrogens is 1. The second-order valence-electron chi connectivity index (χ2n) is 24.5. The minimum absolute atomic E-state index is 0.0295. The highest BCUT2D eigenvalue weighted by atomic mass is 31.2. The topological polar surface area (TPSA) is 111 Å². The molecule has 470 valence electrons. The molecule has 0 amide bonds. The summed E-state index contributed by atoms with van der Waals surface area (Å²) in [7, 11) is 1.18. The Kier molecular flexibility index (Phi) is 60.0. The fourth-order valence-corrected chi connectivity index (χ4v) is 10.7. The Morgan fingerprint density at radius 3 is 0.988 bits per heavy atom. The van der Waals surface area contributed by atoms with Crippen LogP contribution in [0.2, 0.25) is 0 Å². The number of likely N-dealkylation sites (N-methyl/N-ethyl adjacent to an activating group) is 1. The normalized spacial score (nSPS) is 13.4. The van der Waals surface area contributed by atoms with Gasteiger partial charge in [0.05, 0.1) is 27.7 Å². The monoisotopic (exact) mass is 1150 g/mol. The van der Waals surface area contributed by atoms with Gasteiger partial charge >= 0.3 is 11.9 Å². The average Bonchev–Trinajstić information content (AvgIpc) is 3.42. The number of esters is 2. The molecule has 0 rings (SSSR count). The Morgan fingerprint density at radius 1 is 0.388 bits per heavy atom. The van der Waals surface area contributed by atoms with E-state index in [1.807, 2.05) is 21.1 Å². The number of carbonyl (C=O) groups is 2. The van der Waals surface area contributed by atoms with Crippen LogP contribution >= 0.6 is 7.82 Å². The van der Waals surface area contributed by atoms with Crippen molar-refractivity contribution in [3.63, 3.8) is 0 Å². The Hall–Kier alpha value is -2.03. The number of rotatable bonds is 64. The SMILES string of the molecule is CCCCCCC/C=C\C/C=C\CCCCCCCCCCCCCCCCCCCCCC(=O)OC(COC(=O)CCCCCCCCCCCCCCC/C=C\C/C=C\CCCCCCC)COP(=O)([O-])OCC[N+](C)(C)C. The maximum absolute atomic E-state index is 12.9. The van der Waals surface area contributed by atoms with E-state index in [1.165, 1.54) is 257 Å². The van der Waals surface area contributed by atoms with E-state index < -0.39 is 26.5 Å². The lowest BCUT2D eigenvalue weighted by molar-refractivity contribution is -0.870. The highest BCUT2D eigenvalue weighted by molar-refractivity contribution is 7.45. The van der Waals surface area contributed by atoms with Crippen molar-refractivity contribution in [3.8, 4) is 0 Å². The molecule has 80 heavy (non-hydrogen) atoms. The minimum atomic E-state index is -4.64. The molecule has 0 N–H and O–H groups in total. The smallest absolute Gasteiger partial charge is 0.306 e. The fourth-order valence-electron chi connectivity index (χ4n) is 10.0.